The minimum absolute atomic E-state index is 0.968. The summed E-state index contributed by atoms with van der Waals surface area (Å²) in [6.07, 6.45) is 2.18. The van der Waals surface area contributed by atoms with Crippen molar-refractivity contribution in [1.82, 2.24) is 19.9 Å². The van der Waals surface area contributed by atoms with Crippen molar-refractivity contribution in [2.75, 3.05) is 18.7 Å². The highest BCUT2D eigenvalue weighted by Gasteiger charge is 2.50. The molecule has 16 aromatic carbocycles. The van der Waals surface area contributed by atoms with Crippen LogP contribution in [0.2, 0.25) is 0 Å². The van der Waals surface area contributed by atoms with Crippen molar-refractivity contribution < 1.29 is 0 Å². The van der Waals surface area contributed by atoms with Gasteiger partial charge in [0.25, 0.3) is 0 Å². The molecule has 28 rings (SSSR count). The zero-order valence-electron chi connectivity index (χ0n) is 66.3. The molecule has 124 heavy (non-hydrogen) atoms. The van der Waals surface area contributed by atoms with Crippen LogP contribution in [0, 0.1) is 0 Å². The number of benzene rings is 16. The molecule has 0 radical (unpaired) electrons. The summed E-state index contributed by atoms with van der Waals surface area (Å²) in [5.41, 5.74) is 27.5. The van der Waals surface area contributed by atoms with Crippen LogP contribution in [0.4, 0.5) is 45.6 Å². The molecule has 584 valence electrons. The molecule has 8 nitrogen and oxygen atoms in total. The molecule has 0 spiro atoms. The molecule has 0 fully saturated rings. The molecule has 0 amide bonds. The van der Waals surface area contributed by atoms with Crippen molar-refractivity contribution in [3.63, 3.8) is 0 Å². The molecule has 0 N–H and O–H groups in total. The van der Waals surface area contributed by atoms with Crippen LogP contribution in [0.1, 0.15) is 0 Å². The van der Waals surface area contributed by atoms with Crippen molar-refractivity contribution in [1.29, 1.82) is 0 Å². The molecular weight excluding hydrogens is 1660 g/mol. The first-order valence-electron chi connectivity index (χ1n) is 41.4. The SMILES string of the molecule is S=P12c3ccccc3-c3cc4ccccc4cc3N1c1ncccc1-c1ccccc12.S=P12c3ccccc3-c3ccc4ccccc4c3N1c1cccnc1-c1ccccc12.S=P12c3ccccc3-c3ccncc3N1c1cc3ccccc3cc1-c1ccccc12.S=P12c3ccccc3-c3cnccc3N1c1c(ccc3ccccc13)-c1ccccc12. The Kier molecular flexibility index (Phi) is 16.8. The largest absolute Gasteiger partial charge is 0.303 e. The van der Waals surface area contributed by atoms with Gasteiger partial charge in [-0.2, -0.15) is 0 Å². The van der Waals surface area contributed by atoms with Crippen LogP contribution in [0.5, 0.6) is 0 Å². The van der Waals surface area contributed by atoms with Gasteiger partial charge in [-0.1, -0.05) is 363 Å². The molecule has 12 heterocycles. The van der Waals surface area contributed by atoms with Crippen LogP contribution in [0.25, 0.3) is 132 Å². The smallest absolute Gasteiger partial charge is 0.145 e. The highest BCUT2D eigenvalue weighted by atomic mass is 32.5. The minimum Gasteiger partial charge on any atom is -0.303 e. The second-order valence-corrected chi connectivity index (χ2v) is 48.4. The van der Waals surface area contributed by atoms with E-state index in [1.807, 2.05) is 49.3 Å². The van der Waals surface area contributed by atoms with E-state index in [9.17, 15) is 0 Å². The van der Waals surface area contributed by atoms with E-state index in [0.29, 0.717) is 0 Å². The van der Waals surface area contributed by atoms with Crippen molar-refractivity contribution >= 4 is 203 Å². The van der Waals surface area contributed by atoms with Gasteiger partial charge in [0.05, 0.1) is 76.5 Å². The first-order valence-corrected chi connectivity index (χ1v) is 52.4. The van der Waals surface area contributed by atoms with Gasteiger partial charge in [-0.15, -0.1) is 0 Å². The Labute approximate surface area is 738 Å². The molecule has 4 aromatic heterocycles. The van der Waals surface area contributed by atoms with E-state index < -0.39 is 24.8 Å². The molecule has 4 atom stereocenters. The highest BCUT2D eigenvalue weighted by Crippen LogP contribution is 2.71. The summed E-state index contributed by atoms with van der Waals surface area (Å²) in [5, 5.41) is 19.9. The molecule has 8 aliphatic heterocycles. The summed E-state index contributed by atoms with van der Waals surface area (Å²) in [6, 6.07) is 135. The molecule has 0 saturated carbocycles. The highest BCUT2D eigenvalue weighted by molar-refractivity contribution is 8.24. The van der Waals surface area contributed by atoms with Gasteiger partial charge in [-0.3, -0.25) is 19.6 Å². The van der Waals surface area contributed by atoms with E-state index in [1.165, 1.54) is 169 Å². The average molecular weight is 1730 g/mol. The summed E-state index contributed by atoms with van der Waals surface area (Å²) >= 11 is 27.0. The van der Waals surface area contributed by atoms with Crippen LogP contribution in [0.3, 0.4) is 0 Å². The summed E-state index contributed by atoms with van der Waals surface area (Å²) in [4.78, 5) is 18.7. The molecule has 20 aromatic rings. The third-order valence-electron chi connectivity index (χ3n) is 25.7. The monoisotopic (exact) mass is 1730 g/mol. The maximum atomic E-state index is 6.77. The number of fused-ring (bicyclic) bond motifs is 50. The Morgan fingerprint density at radius 3 is 1.03 bits per heavy atom. The minimum atomic E-state index is -2.34. The fourth-order valence-corrected chi connectivity index (χ4v) is 39.3. The normalized spacial score (nSPS) is 17.9. The predicted octanol–water partition coefficient (Wildman–Crippen LogP) is 25.5. The van der Waals surface area contributed by atoms with Crippen LogP contribution in [-0.2, 0) is 47.2 Å². The first-order chi connectivity index (χ1) is 61.1. The van der Waals surface area contributed by atoms with Crippen molar-refractivity contribution in [3.8, 4) is 89.1 Å². The topological polar surface area (TPSA) is 64.5 Å². The maximum absolute atomic E-state index is 6.77. The third kappa shape index (κ3) is 10.4. The van der Waals surface area contributed by atoms with Crippen LogP contribution < -0.4 is 61.1 Å². The van der Waals surface area contributed by atoms with Crippen LogP contribution in [-0.4, -0.2) is 19.9 Å². The van der Waals surface area contributed by atoms with E-state index in [2.05, 4.69) is 393 Å². The van der Waals surface area contributed by atoms with Crippen molar-refractivity contribution in [2.45, 2.75) is 0 Å². The lowest BCUT2D eigenvalue weighted by atomic mass is 9.97. The summed E-state index contributed by atoms with van der Waals surface area (Å²) in [7, 11) is 0. The number of nitrogens with zero attached hydrogens (tertiary/aromatic N) is 8. The number of hydrogen-bond donors (Lipinski definition) is 0. The van der Waals surface area contributed by atoms with Gasteiger partial charge in [0.15, 0.2) is 0 Å². The molecule has 0 bridgehead atoms. The number of hydrogen-bond acceptors (Lipinski definition) is 8. The molecule has 8 aliphatic rings. The third-order valence-corrected chi connectivity index (χ3v) is 44.7. The summed E-state index contributed by atoms with van der Waals surface area (Å²) in [6.45, 7) is 0. The average Bonchev–Trinajstić information content (AvgIpc) is 0.700. The Balaban J connectivity index is 0.0000000906. The fourth-order valence-electron chi connectivity index (χ4n) is 20.5. The van der Waals surface area contributed by atoms with E-state index in [4.69, 9.17) is 57.2 Å². The Hall–Kier alpha value is -13.0. The first kappa shape index (κ1) is 73.7. The Morgan fingerprint density at radius 1 is 0.194 bits per heavy atom. The van der Waals surface area contributed by atoms with Crippen LogP contribution in [0.15, 0.2) is 413 Å². The lowest BCUT2D eigenvalue weighted by molar-refractivity contribution is 1.24. The number of pyridine rings is 4. The van der Waals surface area contributed by atoms with E-state index >= 15 is 0 Å². The van der Waals surface area contributed by atoms with Crippen LogP contribution >= 0.6 is 24.8 Å². The van der Waals surface area contributed by atoms with Crippen molar-refractivity contribution in [3.05, 3.63) is 413 Å². The van der Waals surface area contributed by atoms with E-state index in [1.54, 1.807) is 0 Å². The molecule has 16 heteroatoms. The number of aromatic nitrogens is 4. The standard InChI is InChI=1S/4C27H17N2PS/c31-30-24-13-5-3-10-20(24)21-16-15-18-8-1-2-9-19(18)27(21)29(30)23-12-7-17-28-26(23)22-11-4-6-14-25(22)30;31-30-25-13-5-3-10-20(25)22-12-7-15-28-27(22)29(30)24-17-19-9-2-1-8-18(19)16-23(24)21-11-4-6-14-26(21)30;31-30-26-11-5-3-9-21(26)20-13-14-28-17-25(20)29(30)24-16-19-8-2-1-7-18(19)15-23(24)22-10-4-6-12-27(22)30;31-30-25-11-5-3-9-20(25)22-14-13-18-7-1-2-8-19(18)27(22)29(30)24-15-16-28-17-23(24)21-10-4-6-12-26(21)30/h4*1-17H. The van der Waals surface area contributed by atoms with Gasteiger partial charge in [0.2, 0.25) is 0 Å². The van der Waals surface area contributed by atoms with Crippen molar-refractivity contribution in [2.24, 2.45) is 0 Å². The maximum Gasteiger partial charge on any atom is 0.145 e. The zero-order valence-corrected chi connectivity index (χ0v) is 73.1. The second-order valence-electron chi connectivity index (χ2n) is 32.0. The lowest BCUT2D eigenvalue weighted by Crippen LogP contribution is -2.37. The quantitative estimate of drug-likeness (QED) is 0.136. The predicted molar refractivity (Wildman–Crippen MR) is 539 cm³/mol. The van der Waals surface area contributed by atoms with Gasteiger partial charge in [-0.25, -0.2) is 4.98 Å². The fraction of sp³-hybridized carbons (Fsp3) is 0. The summed E-state index contributed by atoms with van der Waals surface area (Å²) < 4.78 is 9.79. The van der Waals surface area contributed by atoms with E-state index in [-0.39, 0.29) is 0 Å². The lowest BCUT2D eigenvalue weighted by Gasteiger charge is -2.47. The molecule has 4 unspecified atom stereocenters. The Bertz CT molecular complexity index is 7710. The molecular formula is C108H68N8P4S4. The van der Waals surface area contributed by atoms with Gasteiger partial charge in [-0.05, 0) is 132 Å². The number of anilines is 8. The van der Waals surface area contributed by atoms with Gasteiger partial charge in [0, 0.05) is 129 Å². The van der Waals surface area contributed by atoms with Gasteiger partial charge >= 0.3 is 0 Å². The van der Waals surface area contributed by atoms with E-state index in [0.717, 1.165) is 51.0 Å². The van der Waals surface area contributed by atoms with Gasteiger partial charge in [0.1, 0.15) is 5.82 Å². The molecule has 0 aliphatic carbocycles. The summed E-state index contributed by atoms with van der Waals surface area (Å²) in [5.74, 6) is 0.968. The number of rotatable bonds is 0. The van der Waals surface area contributed by atoms with Gasteiger partial charge < -0.3 is 14.0 Å². The zero-order chi connectivity index (χ0) is 82.3. The molecule has 0 saturated heterocycles. The Morgan fingerprint density at radius 2 is 0.532 bits per heavy atom. The second kappa shape index (κ2) is 28.3.